The van der Waals surface area contributed by atoms with E-state index < -0.39 is 18.0 Å². The minimum atomic E-state index is -0.947. The van der Waals surface area contributed by atoms with E-state index in [0.717, 1.165) is 38.9 Å². The average molecular weight is 637 g/mol. The predicted molar refractivity (Wildman–Crippen MR) is 192 cm³/mol. The van der Waals surface area contributed by atoms with Gasteiger partial charge in [-0.2, -0.15) is 0 Å². The maximum atomic E-state index is 11.5. The highest BCUT2D eigenvalue weighted by Crippen LogP contribution is 2.36. The van der Waals surface area contributed by atoms with Crippen LogP contribution in [0, 0.1) is 0 Å². The molecule has 0 radical (unpaired) electrons. The number of aliphatic imine (C=N–C) groups is 1. The molecular weight excluding hydrogens is 560 g/mol. The molecule has 0 aromatic carbocycles. The molecule has 4 N–H and O–H groups in total. The predicted octanol–water partition coefficient (Wildman–Crippen LogP) is 8.81. The van der Waals surface area contributed by atoms with Crippen molar-refractivity contribution in [2.75, 3.05) is 26.2 Å². The number of nitrogens with one attached hydrogen (secondary N) is 2. The molecule has 0 bridgehead atoms. The number of fused-ring (bicyclic) bond motifs is 1. The van der Waals surface area contributed by atoms with Crippen molar-refractivity contribution in [2.24, 2.45) is 4.99 Å². The first kappa shape index (κ1) is 40.3. The Morgan fingerprint density at radius 3 is 1.40 bits per heavy atom. The van der Waals surface area contributed by atoms with E-state index in [-0.39, 0.29) is 6.04 Å². The van der Waals surface area contributed by atoms with Gasteiger partial charge in [0.1, 0.15) is 18.8 Å². The Labute approximate surface area is 279 Å². The van der Waals surface area contributed by atoms with E-state index in [0.29, 0.717) is 12.6 Å². The van der Waals surface area contributed by atoms with Gasteiger partial charge in [0.05, 0.1) is 6.04 Å². The lowest BCUT2D eigenvalue weighted by Crippen LogP contribution is -2.71. The number of aliphatic hydroxyl groups excluding tert-OH is 2. The zero-order chi connectivity index (χ0) is 32.4. The summed E-state index contributed by atoms with van der Waals surface area (Å²) in [4.78, 5) is 6.94. The van der Waals surface area contributed by atoms with Crippen LogP contribution in [0.4, 0.5) is 0 Å². The zero-order valence-corrected chi connectivity index (χ0v) is 30.1. The lowest BCUT2D eigenvalue weighted by atomic mass is 10.1. The first-order valence-electron chi connectivity index (χ1n) is 19.9. The molecule has 0 spiro atoms. The van der Waals surface area contributed by atoms with Gasteiger partial charge in [-0.1, -0.05) is 168 Å². The van der Waals surface area contributed by atoms with Gasteiger partial charge in [-0.05, 0) is 32.4 Å². The molecule has 0 amide bonds. The van der Waals surface area contributed by atoms with Crippen LogP contribution >= 0.6 is 0 Å². The molecule has 266 valence electrons. The van der Waals surface area contributed by atoms with Gasteiger partial charge in [0.15, 0.2) is 5.79 Å². The molecule has 7 nitrogen and oxygen atoms in total. The molecule has 0 aromatic heterocycles. The third kappa shape index (κ3) is 15.3. The van der Waals surface area contributed by atoms with Gasteiger partial charge < -0.3 is 14.9 Å². The summed E-state index contributed by atoms with van der Waals surface area (Å²) in [5, 5.41) is 30.1. The Hall–Kier alpha value is -0.890. The highest BCUT2D eigenvalue weighted by Gasteiger charge is 2.62. The monoisotopic (exact) mass is 637 g/mol. The second-order valence-corrected chi connectivity index (χ2v) is 14.1. The van der Waals surface area contributed by atoms with Gasteiger partial charge in [-0.3, -0.25) is 15.5 Å². The summed E-state index contributed by atoms with van der Waals surface area (Å²) in [6.07, 6.45) is 31.5. The number of unbranched alkanes of at least 4 members (excludes halogenated alkanes) is 23. The smallest absolute Gasteiger partial charge is 0.290 e. The summed E-state index contributed by atoms with van der Waals surface area (Å²) in [6.45, 7) is 9.48. The lowest BCUT2D eigenvalue weighted by Gasteiger charge is -2.41. The Morgan fingerprint density at radius 2 is 0.978 bits per heavy atom. The van der Waals surface area contributed by atoms with Gasteiger partial charge in [-0.25, -0.2) is 4.99 Å². The summed E-state index contributed by atoms with van der Waals surface area (Å²) in [5.41, 5.74) is 0. The third-order valence-electron chi connectivity index (χ3n) is 10.1. The first-order chi connectivity index (χ1) is 22.1. The fraction of sp³-hybridized carbons (Fsp3) is 0.974. The maximum Gasteiger partial charge on any atom is 0.290 e. The van der Waals surface area contributed by atoms with E-state index in [4.69, 9.17) is 9.73 Å². The van der Waals surface area contributed by atoms with Gasteiger partial charge in [-0.15, -0.1) is 0 Å². The van der Waals surface area contributed by atoms with Crippen LogP contribution in [0.3, 0.4) is 0 Å². The second-order valence-electron chi connectivity index (χ2n) is 14.1. The van der Waals surface area contributed by atoms with Gasteiger partial charge in [0.25, 0.3) is 6.02 Å². The van der Waals surface area contributed by atoms with Crippen molar-refractivity contribution in [2.45, 2.75) is 212 Å². The second kappa shape index (κ2) is 26.1. The van der Waals surface area contributed by atoms with Gasteiger partial charge >= 0.3 is 0 Å². The van der Waals surface area contributed by atoms with Crippen molar-refractivity contribution in [3.63, 3.8) is 0 Å². The largest absolute Gasteiger partial charge is 0.463 e. The minimum Gasteiger partial charge on any atom is -0.463 e. The van der Waals surface area contributed by atoms with Crippen LogP contribution in [0.2, 0.25) is 0 Å². The van der Waals surface area contributed by atoms with E-state index in [1.54, 1.807) is 0 Å². The van der Waals surface area contributed by atoms with Crippen molar-refractivity contribution in [3.8, 4) is 0 Å². The number of hydrogen-bond acceptors (Lipinski definition) is 6. The maximum absolute atomic E-state index is 11.5. The summed E-state index contributed by atoms with van der Waals surface area (Å²) >= 11 is 0. The highest BCUT2D eigenvalue weighted by molar-refractivity contribution is 5.78. The SMILES string of the molecule is CCCCCCCCCCCCNC1(NCCCCCCCCCCCC)[C@@H](O)[C@H](O)[C@H]2COC(=NCCCCCCCC)N21. The Balaban J connectivity index is 1.88. The molecule has 0 saturated carbocycles. The molecule has 7 heteroatoms. The molecular formula is C38H76N4O3. The van der Waals surface area contributed by atoms with Crippen LogP contribution < -0.4 is 10.6 Å². The van der Waals surface area contributed by atoms with E-state index >= 15 is 0 Å². The van der Waals surface area contributed by atoms with Gasteiger partial charge in [0.2, 0.25) is 0 Å². The van der Waals surface area contributed by atoms with E-state index in [1.807, 2.05) is 0 Å². The summed E-state index contributed by atoms with van der Waals surface area (Å²) in [6, 6.07) is 0.291. The van der Waals surface area contributed by atoms with Crippen LogP contribution in [-0.2, 0) is 4.74 Å². The Kier molecular flexibility index (Phi) is 23.4. The molecule has 0 aromatic rings. The van der Waals surface area contributed by atoms with E-state index in [1.165, 1.54) is 148 Å². The minimum absolute atomic E-state index is 0.288. The summed E-state index contributed by atoms with van der Waals surface area (Å²) in [5.74, 6) is -0.945. The molecule has 2 saturated heterocycles. The molecule has 0 aliphatic carbocycles. The molecule has 3 atom stereocenters. The highest BCUT2D eigenvalue weighted by atomic mass is 16.5. The van der Waals surface area contributed by atoms with Crippen molar-refractivity contribution in [1.82, 2.24) is 15.5 Å². The van der Waals surface area contributed by atoms with Crippen LogP contribution in [0.5, 0.6) is 0 Å². The van der Waals surface area contributed by atoms with Gasteiger partial charge in [0, 0.05) is 6.54 Å². The van der Waals surface area contributed by atoms with Crippen LogP contribution in [0.25, 0.3) is 0 Å². The number of amidine groups is 1. The topological polar surface area (TPSA) is 89.3 Å². The van der Waals surface area contributed by atoms with Crippen LogP contribution in [0.15, 0.2) is 4.99 Å². The summed E-state index contributed by atoms with van der Waals surface area (Å²) in [7, 11) is 0. The van der Waals surface area contributed by atoms with Crippen LogP contribution in [0.1, 0.15) is 188 Å². The van der Waals surface area contributed by atoms with Crippen molar-refractivity contribution >= 4 is 6.02 Å². The molecule has 45 heavy (non-hydrogen) atoms. The number of hydrogen-bond donors (Lipinski definition) is 4. The molecule has 2 fully saturated rings. The lowest BCUT2D eigenvalue weighted by molar-refractivity contribution is -0.0384. The third-order valence-corrected chi connectivity index (χ3v) is 10.1. The fourth-order valence-electron chi connectivity index (χ4n) is 7.12. The van der Waals surface area contributed by atoms with Crippen molar-refractivity contribution < 1.29 is 14.9 Å². The molecule has 0 unspecified atom stereocenters. The fourth-order valence-corrected chi connectivity index (χ4v) is 7.12. The number of aliphatic hydroxyl groups is 2. The summed E-state index contributed by atoms with van der Waals surface area (Å²) < 4.78 is 6.08. The number of ether oxygens (including phenoxy) is 1. The molecule has 2 rings (SSSR count). The Morgan fingerprint density at radius 1 is 0.600 bits per heavy atom. The zero-order valence-electron chi connectivity index (χ0n) is 30.1. The Bertz CT molecular complexity index is 695. The molecule has 2 heterocycles. The van der Waals surface area contributed by atoms with Crippen molar-refractivity contribution in [1.29, 1.82) is 0 Å². The van der Waals surface area contributed by atoms with Crippen LogP contribution in [-0.4, -0.2) is 71.4 Å². The quantitative estimate of drug-likeness (QED) is 0.0449. The molecule has 2 aliphatic rings. The van der Waals surface area contributed by atoms with Crippen molar-refractivity contribution in [3.05, 3.63) is 0 Å². The number of nitrogens with zero attached hydrogens (tertiary/aromatic N) is 2. The number of rotatable bonds is 31. The first-order valence-corrected chi connectivity index (χ1v) is 19.9. The molecule has 2 aliphatic heterocycles. The normalized spacial score (nSPS) is 21.6. The standard InChI is InChI=1S/C38H76N4O3/c1-4-7-10-13-16-18-20-22-25-28-31-40-38(41-32-29-26-23-21-19-17-14-11-8-5-2)36(44)35(43)34-33-45-37(42(34)38)39-30-27-24-15-12-9-6-3/h34-36,40-41,43-44H,4-33H2,1-3H3/t34-,35-,36+/m1/s1. The average Bonchev–Trinajstić information content (AvgIpc) is 3.56. The van der Waals surface area contributed by atoms with E-state index in [9.17, 15) is 10.2 Å². The van der Waals surface area contributed by atoms with E-state index in [2.05, 4.69) is 36.3 Å².